The maximum absolute atomic E-state index is 12.3. The number of likely N-dealkylation sites (tertiary alicyclic amines) is 1. The second kappa shape index (κ2) is 5.70. The standard InChI is InChI=1S/C18H16ClN3O/c19-14-6-2-1-5-12(14)9-17(23)22-10-13(11-22)18-20-15-7-3-4-8-16(15)21-18/h1-8,13H,9-11H2,(H,20,21). The molecule has 0 atom stereocenters. The van der Waals surface area contributed by atoms with E-state index in [1.807, 2.05) is 53.4 Å². The van der Waals surface area contributed by atoms with E-state index in [-0.39, 0.29) is 11.8 Å². The first kappa shape index (κ1) is 14.3. The van der Waals surface area contributed by atoms with Crippen molar-refractivity contribution in [1.29, 1.82) is 0 Å². The van der Waals surface area contributed by atoms with Crippen molar-refractivity contribution in [2.24, 2.45) is 0 Å². The second-order valence-electron chi connectivity index (χ2n) is 5.90. The fraction of sp³-hybridized carbons (Fsp3) is 0.222. The summed E-state index contributed by atoms with van der Waals surface area (Å²) in [7, 11) is 0. The number of nitrogens with one attached hydrogen (secondary N) is 1. The zero-order valence-corrected chi connectivity index (χ0v) is 13.3. The number of hydrogen-bond acceptors (Lipinski definition) is 2. The molecule has 1 N–H and O–H groups in total. The minimum absolute atomic E-state index is 0.116. The van der Waals surface area contributed by atoms with E-state index in [2.05, 4.69) is 9.97 Å². The van der Waals surface area contributed by atoms with Crippen LogP contribution in [0.5, 0.6) is 0 Å². The molecular weight excluding hydrogens is 310 g/mol. The molecule has 0 bridgehead atoms. The molecule has 1 aliphatic rings. The van der Waals surface area contributed by atoms with Gasteiger partial charge in [0.05, 0.1) is 23.4 Å². The van der Waals surface area contributed by atoms with Gasteiger partial charge in [-0.15, -0.1) is 0 Å². The highest BCUT2D eigenvalue weighted by molar-refractivity contribution is 6.31. The molecule has 3 aromatic rings. The Balaban J connectivity index is 1.41. The summed E-state index contributed by atoms with van der Waals surface area (Å²) >= 11 is 6.12. The number of halogens is 1. The lowest BCUT2D eigenvalue weighted by molar-refractivity contribution is -0.134. The van der Waals surface area contributed by atoms with Gasteiger partial charge in [-0.2, -0.15) is 0 Å². The molecule has 1 saturated heterocycles. The van der Waals surface area contributed by atoms with Crippen molar-refractivity contribution in [3.05, 3.63) is 64.9 Å². The molecule has 2 aromatic carbocycles. The first-order valence-electron chi connectivity index (χ1n) is 7.66. The third-order valence-electron chi connectivity index (χ3n) is 4.33. The van der Waals surface area contributed by atoms with Crippen LogP contribution in [-0.4, -0.2) is 33.9 Å². The number of benzene rings is 2. The van der Waals surface area contributed by atoms with Crippen LogP contribution in [0.15, 0.2) is 48.5 Å². The number of H-pyrrole nitrogens is 1. The average molecular weight is 326 g/mol. The molecule has 1 amide bonds. The number of aromatic nitrogens is 2. The molecule has 0 saturated carbocycles. The van der Waals surface area contributed by atoms with Gasteiger partial charge in [-0.25, -0.2) is 4.98 Å². The van der Waals surface area contributed by atoms with Crippen molar-refractivity contribution >= 4 is 28.5 Å². The number of rotatable bonds is 3. The van der Waals surface area contributed by atoms with Gasteiger partial charge in [0.15, 0.2) is 0 Å². The van der Waals surface area contributed by atoms with E-state index >= 15 is 0 Å². The molecule has 1 fully saturated rings. The fourth-order valence-corrected chi connectivity index (χ4v) is 3.14. The lowest BCUT2D eigenvalue weighted by Gasteiger charge is -2.38. The Bertz CT molecular complexity index is 834. The summed E-state index contributed by atoms with van der Waals surface area (Å²) in [6.07, 6.45) is 0.354. The van der Waals surface area contributed by atoms with E-state index in [9.17, 15) is 4.79 Å². The summed E-state index contributed by atoms with van der Waals surface area (Å²) in [5.74, 6) is 1.37. The molecule has 1 aromatic heterocycles. The second-order valence-corrected chi connectivity index (χ2v) is 6.31. The highest BCUT2D eigenvalue weighted by atomic mass is 35.5. The molecule has 0 spiro atoms. The van der Waals surface area contributed by atoms with Gasteiger partial charge in [-0.05, 0) is 23.8 Å². The number of para-hydroxylation sites is 2. The van der Waals surface area contributed by atoms with Crippen LogP contribution in [0.1, 0.15) is 17.3 Å². The van der Waals surface area contributed by atoms with Gasteiger partial charge >= 0.3 is 0 Å². The van der Waals surface area contributed by atoms with Gasteiger partial charge in [-0.3, -0.25) is 4.79 Å². The molecule has 2 heterocycles. The van der Waals surface area contributed by atoms with Crippen LogP contribution in [0, 0.1) is 0 Å². The third-order valence-corrected chi connectivity index (χ3v) is 4.70. The molecule has 116 valence electrons. The molecule has 4 nitrogen and oxygen atoms in total. The van der Waals surface area contributed by atoms with Crippen LogP contribution in [0.2, 0.25) is 5.02 Å². The summed E-state index contributed by atoms with van der Waals surface area (Å²) in [6.45, 7) is 1.42. The van der Waals surface area contributed by atoms with Crippen LogP contribution in [0.25, 0.3) is 11.0 Å². The maximum atomic E-state index is 12.3. The topological polar surface area (TPSA) is 49.0 Å². The largest absolute Gasteiger partial charge is 0.342 e. The summed E-state index contributed by atoms with van der Waals surface area (Å²) in [5.41, 5.74) is 2.90. The number of hydrogen-bond donors (Lipinski definition) is 1. The lowest BCUT2D eigenvalue weighted by atomic mass is 9.98. The average Bonchev–Trinajstić information content (AvgIpc) is 2.91. The summed E-state index contributed by atoms with van der Waals surface area (Å²) in [5, 5.41) is 0.648. The lowest BCUT2D eigenvalue weighted by Crippen LogP contribution is -2.49. The minimum atomic E-state index is 0.116. The summed E-state index contributed by atoms with van der Waals surface area (Å²) in [4.78, 5) is 22.2. The Labute approximate surface area is 139 Å². The zero-order chi connectivity index (χ0) is 15.8. The zero-order valence-electron chi connectivity index (χ0n) is 12.5. The van der Waals surface area contributed by atoms with Crippen LogP contribution in [-0.2, 0) is 11.2 Å². The van der Waals surface area contributed by atoms with E-state index in [1.54, 1.807) is 0 Å². The van der Waals surface area contributed by atoms with Crippen molar-refractivity contribution in [2.75, 3.05) is 13.1 Å². The monoisotopic (exact) mass is 325 g/mol. The Morgan fingerprint density at radius 3 is 2.70 bits per heavy atom. The number of aromatic amines is 1. The number of nitrogens with zero attached hydrogens (tertiary/aromatic N) is 2. The molecule has 0 unspecified atom stereocenters. The van der Waals surface area contributed by atoms with Gasteiger partial charge in [0, 0.05) is 18.1 Å². The molecule has 4 rings (SSSR count). The number of fused-ring (bicyclic) bond motifs is 1. The number of amides is 1. The third kappa shape index (κ3) is 2.70. The van der Waals surface area contributed by atoms with Crippen LogP contribution in [0.4, 0.5) is 0 Å². The fourth-order valence-electron chi connectivity index (χ4n) is 2.94. The SMILES string of the molecule is O=C(Cc1ccccc1Cl)N1CC(c2nc3ccccc3[nH]2)C1. The predicted molar refractivity (Wildman–Crippen MR) is 90.6 cm³/mol. The molecule has 1 aliphatic heterocycles. The van der Waals surface area contributed by atoms with E-state index in [4.69, 9.17) is 11.6 Å². The normalized spacial score (nSPS) is 14.9. The van der Waals surface area contributed by atoms with Crippen molar-refractivity contribution < 1.29 is 4.79 Å². The number of carbonyl (C=O) groups is 1. The molecule has 0 aliphatic carbocycles. The van der Waals surface area contributed by atoms with Gasteiger partial charge in [0.1, 0.15) is 5.82 Å². The van der Waals surface area contributed by atoms with Gasteiger partial charge < -0.3 is 9.88 Å². The van der Waals surface area contributed by atoms with Crippen molar-refractivity contribution in [3.63, 3.8) is 0 Å². The van der Waals surface area contributed by atoms with Gasteiger partial charge in [0.2, 0.25) is 5.91 Å². The van der Waals surface area contributed by atoms with Gasteiger partial charge in [0.25, 0.3) is 0 Å². The number of imidazole rings is 1. The highest BCUT2D eigenvalue weighted by Crippen LogP contribution is 2.27. The van der Waals surface area contributed by atoms with Crippen LogP contribution < -0.4 is 0 Å². The van der Waals surface area contributed by atoms with E-state index in [0.717, 1.165) is 22.4 Å². The minimum Gasteiger partial charge on any atom is -0.342 e. The highest BCUT2D eigenvalue weighted by Gasteiger charge is 2.33. The van der Waals surface area contributed by atoms with E-state index < -0.39 is 0 Å². The van der Waals surface area contributed by atoms with Crippen molar-refractivity contribution in [1.82, 2.24) is 14.9 Å². The molecule has 23 heavy (non-hydrogen) atoms. The first-order valence-corrected chi connectivity index (χ1v) is 8.04. The van der Waals surface area contributed by atoms with E-state index in [1.165, 1.54) is 0 Å². The maximum Gasteiger partial charge on any atom is 0.227 e. The Morgan fingerprint density at radius 1 is 1.17 bits per heavy atom. The van der Waals surface area contributed by atoms with Gasteiger partial charge in [-0.1, -0.05) is 41.9 Å². The number of carbonyl (C=O) groups excluding carboxylic acids is 1. The molecule has 5 heteroatoms. The smallest absolute Gasteiger partial charge is 0.227 e. The summed E-state index contributed by atoms with van der Waals surface area (Å²) in [6, 6.07) is 15.5. The summed E-state index contributed by atoms with van der Waals surface area (Å²) < 4.78 is 0. The molecular formula is C18H16ClN3O. The Hall–Kier alpha value is -2.33. The Morgan fingerprint density at radius 2 is 1.91 bits per heavy atom. The van der Waals surface area contributed by atoms with E-state index in [0.29, 0.717) is 24.5 Å². The van der Waals surface area contributed by atoms with Crippen molar-refractivity contribution in [3.8, 4) is 0 Å². The van der Waals surface area contributed by atoms with Crippen LogP contribution in [0.3, 0.4) is 0 Å². The van der Waals surface area contributed by atoms with Crippen LogP contribution >= 0.6 is 11.6 Å². The van der Waals surface area contributed by atoms with Crippen molar-refractivity contribution in [2.45, 2.75) is 12.3 Å². The predicted octanol–water partition coefficient (Wildman–Crippen LogP) is 3.38. The quantitative estimate of drug-likeness (QED) is 0.802. The Kier molecular flexibility index (Phi) is 3.54. The first-order chi connectivity index (χ1) is 11.2. The molecule has 0 radical (unpaired) electrons.